The Labute approximate surface area is 160 Å². The Kier molecular flexibility index (Phi) is 5.18. The van der Waals surface area contributed by atoms with Gasteiger partial charge in [-0.3, -0.25) is 4.79 Å². The van der Waals surface area contributed by atoms with Crippen molar-refractivity contribution in [2.45, 2.75) is 12.8 Å². The zero-order chi connectivity index (χ0) is 17.8. The van der Waals surface area contributed by atoms with E-state index in [0.29, 0.717) is 25.9 Å². The van der Waals surface area contributed by atoms with Crippen molar-refractivity contribution in [3.63, 3.8) is 0 Å². The van der Waals surface area contributed by atoms with Crippen LogP contribution in [0.25, 0.3) is 20.2 Å². The zero-order valence-electron chi connectivity index (χ0n) is 14.3. The Morgan fingerprint density at radius 3 is 1.65 bits per heavy atom. The number of benzene rings is 2. The summed E-state index contributed by atoms with van der Waals surface area (Å²) in [5, 5.41) is 11.5. The van der Waals surface area contributed by atoms with Gasteiger partial charge in [-0.25, -0.2) is 0 Å². The SMILES string of the molecule is O=C(CCNc1cc2ccccc2s1)CCNc1cc2ccccc2s1. The Balaban J connectivity index is 1.20. The molecule has 0 unspecified atom stereocenters. The number of Topliss-reactive ketones (excluding diaryl/α,β-unsaturated/α-hetero) is 1. The van der Waals surface area contributed by atoms with Crippen molar-refractivity contribution in [1.82, 2.24) is 0 Å². The van der Waals surface area contributed by atoms with E-state index in [1.54, 1.807) is 22.7 Å². The molecular weight excluding hydrogens is 360 g/mol. The molecule has 4 aromatic rings. The van der Waals surface area contributed by atoms with Gasteiger partial charge in [0.1, 0.15) is 5.78 Å². The topological polar surface area (TPSA) is 41.1 Å². The van der Waals surface area contributed by atoms with Crippen LogP contribution in [0.3, 0.4) is 0 Å². The third kappa shape index (κ3) is 4.06. The molecule has 0 aliphatic carbocycles. The minimum absolute atomic E-state index is 0.284. The van der Waals surface area contributed by atoms with Gasteiger partial charge < -0.3 is 10.6 Å². The molecule has 4 rings (SSSR count). The second kappa shape index (κ2) is 7.89. The molecule has 0 fully saturated rings. The van der Waals surface area contributed by atoms with Gasteiger partial charge >= 0.3 is 0 Å². The maximum atomic E-state index is 12.1. The number of carbonyl (C=O) groups is 1. The molecule has 0 aliphatic heterocycles. The first kappa shape index (κ1) is 17.1. The van der Waals surface area contributed by atoms with Gasteiger partial charge in [-0.05, 0) is 35.0 Å². The minimum atomic E-state index is 0.284. The number of carbonyl (C=O) groups excluding carboxylic acids is 1. The number of anilines is 2. The fourth-order valence-electron chi connectivity index (χ4n) is 2.91. The van der Waals surface area contributed by atoms with Crippen LogP contribution in [0.4, 0.5) is 10.0 Å². The van der Waals surface area contributed by atoms with Crippen molar-refractivity contribution in [1.29, 1.82) is 0 Å². The lowest BCUT2D eigenvalue weighted by Gasteiger charge is -2.04. The molecule has 0 bridgehead atoms. The molecule has 2 aromatic heterocycles. The highest BCUT2D eigenvalue weighted by Crippen LogP contribution is 2.30. The van der Waals surface area contributed by atoms with Crippen LogP contribution in [-0.2, 0) is 4.79 Å². The fourth-order valence-corrected chi connectivity index (χ4v) is 4.89. The maximum Gasteiger partial charge on any atom is 0.136 e. The number of thiophene rings is 2. The van der Waals surface area contributed by atoms with Gasteiger partial charge in [0.05, 0.1) is 10.0 Å². The van der Waals surface area contributed by atoms with Crippen molar-refractivity contribution < 1.29 is 4.79 Å². The maximum absolute atomic E-state index is 12.1. The molecule has 0 atom stereocenters. The van der Waals surface area contributed by atoms with Crippen molar-refractivity contribution in [2.24, 2.45) is 0 Å². The Morgan fingerprint density at radius 2 is 1.19 bits per heavy atom. The second-order valence-corrected chi connectivity index (χ2v) is 8.36. The largest absolute Gasteiger partial charge is 0.376 e. The van der Waals surface area contributed by atoms with Gasteiger partial charge in [-0.2, -0.15) is 0 Å². The summed E-state index contributed by atoms with van der Waals surface area (Å²) in [5.74, 6) is 0.284. The number of nitrogens with one attached hydrogen (secondary N) is 2. The van der Waals surface area contributed by atoms with Crippen molar-refractivity contribution >= 4 is 58.6 Å². The summed E-state index contributed by atoms with van der Waals surface area (Å²) in [6, 6.07) is 21.0. The monoisotopic (exact) mass is 380 g/mol. The molecule has 0 radical (unpaired) electrons. The summed E-state index contributed by atoms with van der Waals surface area (Å²) in [6.45, 7) is 1.38. The number of hydrogen-bond donors (Lipinski definition) is 2. The number of rotatable bonds is 8. The van der Waals surface area contributed by atoms with E-state index in [1.165, 1.54) is 20.2 Å². The van der Waals surface area contributed by atoms with Gasteiger partial charge in [0.15, 0.2) is 0 Å². The molecule has 0 saturated heterocycles. The van der Waals surface area contributed by atoms with Crippen LogP contribution in [0.5, 0.6) is 0 Å². The van der Waals surface area contributed by atoms with Crippen molar-refractivity contribution in [3.05, 3.63) is 60.7 Å². The summed E-state index contributed by atoms with van der Waals surface area (Å²) < 4.78 is 2.54. The predicted molar refractivity (Wildman–Crippen MR) is 115 cm³/mol. The highest BCUT2D eigenvalue weighted by molar-refractivity contribution is 7.23. The van der Waals surface area contributed by atoms with Crippen molar-refractivity contribution in [2.75, 3.05) is 23.7 Å². The van der Waals surface area contributed by atoms with E-state index >= 15 is 0 Å². The minimum Gasteiger partial charge on any atom is -0.376 e. The predicted octanol–water partition coefficient (Wildman–Crippen LogP) is 5.99. The molecular formula is C21H20N2OS2. The van der Waals surface area contributed by atoms with Crippen LogP contribution in [0.1, 0.15) is 12.8 Å². The zero-order valence-corrected chi connectivity index (χ0v) is 16.0. The smallest absolute Gasteiger partial charge is 0.136 e. The van der Waals surface area contributed by atoms with Gasteiger partial charge in [-0.1, -0.05) is 36.4 Å². The number of fused-ring (bicyclic) bond motifs is 2. The summed E-state index contributed by atoms with van der Waals surface area (Å²) in [4.78, 5) is 12.1. The highest BCUT2D eigenvalue weighted by atomic mass is 32.1. The molecule has 2 N–H and O–H groups in total. The normalized spacial score (nSPS) is 11.1. The van der Waals surface area contributed by atoms with E-state index in [2.05, 4.69) is 59.2 Å². The van der Waals surface area contributed by atoms with Gasteiger partial charge in [0, 0.05) is 35.3 Å². The second-order valence-electron chi connectivity index (χ2n) is 6.19. The van der Waals surface area contributed by atoms with Crippen molar-refractivity contribution in [3.8, 4) is 0 Å². The van der Waals surface area contributed by atoms with E-state index in [9.17, 15) is 4.79 Å². The lowest BCUT2D eigenvalue weighted by atomic mass is 10.2. The molecule has 5 heteroatoms. The first-order valence-corrected chi connectivity index (χ1v) is 10.4. The van der Waals surface area contributed by atoms with Crippen LogP contribution < -0.4 is 10.6 Å². The third-order valence-corrected chi connectivity index (χ3v) is 6.40. The first-order valence-electron chi connectivity index (χ1n) is 8.74. The van der Waals surface area contributed by atoms with E-state index in [4.69, 9.17) is 0 Å². The molecule has 0 amide bonds. The summed E-state index contributed by atoms with van der Waals surface area (Å²) in [6.07, 6.45) is 1.12. The molecule has 2 aromatic carbocycles. The van der Waals surface area contributed by atoms with Crippen LogP contribution in [0.15, 0.2) is 60.7 Å². The Morgan fingerprint density at radius 1 is 0.731 bits per heavy atom. The van der Waals surface area contributed by atoms with E-state index < -0.39 is 0 Å². The average Bonchev–Trinajstić information content (AvgIpc) is 3.24. The van der Waals surface area contributed by atoms with Crippen LogP contribution in [0, 0.1) is 0 Å². The Hall–Kier alpha value is -2.37. The lowest BCUT2D eigenvalue weighted by Crippen LogP contribution is -2.12. The molecule has 0 spiro atoms. The molecule has 3 nitrogen and oxygen atoms in total. The molecule has 0 saturated carbocycles. The van der Waals surface area contributed by atoms with E-state index in [-0.39, 0.29) is 5.78 Å². The standard InChI is InChI=1S/C21H20N2OS2/c24-17(9-11-22-20-13-15-5-1-3-7-18(15)25-20)10-12-23-21-14-16-6-2-4-8-19(16)26-21/h1-8,13-14,22-23H,9-12H2. The molecule has 0 aliphatic rings. The van der Waals surface area contributed by atoms with Gasteiger partial charge in [0.2, 0.25) is 0 Å². The first-order chi connectivity index (χ1) is 12.8. The summed E-state index contributed by atoms with van der Waals surface area (Å²) in [5.41, 5.74) is 0. The van der Waals surface area contributed by atoms with E-state index in [0.717, 1.165) is 10.0 Å². The number of ketones is 1. The quantitative estimate of drug-likeness (QED) is 0.394. The molecule has 26 heavy (non-hydrogen) atoms. The number of hydrogen-bond acceptors (Lipinski definition) is 5. The molecule has 132 valence electrons. The summed E-state index contributed by atoms with van der Waals surface area (Å²) >= 11 is 3.47. The fraction of sp³-hybridized carbons (Fsp3) is 0.190. The van der Waals surface area contributed by atoms with Crippen LogP contribution in [0.2, 0.25) is 0 Å². The highest BCUT2D eigenvalue weighted by Gasteiger charge is 2.05. The lowest BCUT2D eigenvalue weighted by molar-refractivity contribution is -0.118. The van der Waals surface area contributed by atoms with Gasteiger partial charge in [-0.15, -0.1) is 22.7 Å². The Bertz CT molecular complexity index is 887. The third-order valence-electron chi connectivity index (χ3n) is 4.26. The van der Waals surface area contributed by atoms with Crippen LogP contribution >= 0.6 is 22.7 Å². The average molecular weight is 381 g/mol. The van der Waals surface area contributed by atoms with Gasteiger partial charge in [0.25, 0.3) is 0 Å². The molecule has 2 heterocycles. The van der Waals surface area contributed by atoms with E-state index in [1.807, 2.05) is 12.1 Å². The van der Waals surface area contributed by atoms with Crippen LogP contribution in [-0.4, -0.2) is 18.9 Å². The summed E-state index contributed by atoms with van der Waals surface area (Å²) in [7, 11) is 0.